The fourth-order valence-electron chi connectivity index (χ4n) is 2.45. The highest BCUT2D eigenvalue weighted by Gasteiger charge is 2.31. The smallest absolute Gasteiger partial charge is 0.172 e. The molecule has 2 rings (SSSR count). The van der Waals surface area contributed by atoms with Crippen LogP contribution in [0.4, 0.5) is 0 Å². The normalized spacial score (nSPS) is 22.7. The summed E-state index contributed by atoms with van der Waals surface area (Å²) in [5.74, 6) is -0.653. The zero-order valence-corrected chi connectivity index (χ0v) is 10.9. The Morgan fingerprint density at radius 3 is 2.53 bits per heavy atom. The molecular formula is C16H18O3. The zero-order valence-electron chi connectivity index (χ0n) is 10.9. The van der Waals surface area contributed by atoms with Crippen LogP contribution in [-0.4, -0.2) is 28.7 Å². The van der Waals surface area contributed by atoms with Crippen molar-refractivity contribution >= 4 is 5.78 Å². The second-order valence-electron chi connectivity index (χ2n) is 4.62. The second kappa shape index (κ2) is 5.95. The van der Waals surface area contributed by atoms with Crippen LogP contribution in [0.25, 0.3) is 0 Å². The van der Waals surface area contributed by atoms with Gasteiger partial charge in [-0.3, -0.25) is 4.79 Å². The van der Waals surface area contributed by atoms with Crippen molar-refractivity contribution in [3.8, 4) is 0 Å². The predicted molar refractivity (Wildman–Crippen MR) is 73.8 cm³/mol. The van der Waals surface area contributed by atoms with Crippen LogP contribution in [0.3, 0.4) is 0 Å². The van der Waals surface area contributed by atoms with Crippen molar-refractivity contribution in [2.45, 2.75) is 19.4 Å². The lowest BCUT2D eigenvalue weighted by atomic mass is 9.81. The Kier molecular flexibility index (Phi) is 4.30. The molecule has 0 radical (unpaired) electrons. The van der Waals surface area contributed by atoms with Crippen LogP contribution >= 0.6 is 0 Å². The highest BCUT2D eigenvalue weighted by Crippen LogP contribution is 2.28. The molecule has 1 aliphatic rings. The Morgan fingerprint density at radius 2 is 1.95 bits per heavy atom. The molecule has 0 bridgehead atoms. The Labute approximate surface area is 112 Å². The number of carbonyl (C=O) groups excluding carboxylic acids is 1. The van der Waals surface area contributed by atoms with E-state index in [9.17, 15) is 15.0 Å². The number of hydrogen-bond donors (Lipinski definition) is 2. The largest absolute Gasteiger partial charge is 0.392 e. The average molecular weight is 258 g/mol. The van der Waals surface area contributed by atoms with Crippen molar-refractivity contribution in [3.05, 3.63) is 59.2 Å². The van der Waals surface area contributed by atoms with E-state index in [1.165, 1.54) is 0 Å². The topological polar surface area (TPSA) is 57.5 Å². The van der Waals surface area contributed by atoms with Crippen molar-refractivity contribution < 1.29 is 15.0 Å². The van der Waals surface area contributed by atoms with Crippen molar-refractivity contribution in [1.29, 1.82) is 0 Å². The summed E-state index contributed by atoms with van der Waals surface area (Å²) in [5.41, 5.74) is 2.06. The Balaban J connectivity index is 2.27. The highest BCUT2D eigenvalue weighted by atomic mass is 16.3. The molecule has 1 aromatic rings. The third-order valence-corrected chi connectivity index (χ3v) is 3.53. The molecule has 0 spiro atoms. The van der Waals surface area contributed by atoms with E-state index < -0.39 is 12.0 Å². The molecule has 0 saturated carbocycles. The van der Waals surface area contributed by atoms with Crippen LogP contribution in [0.5, 0.6) is 0 Å². The molecule has 2 unspecified atom stereocenters. The number of aliphatic hydroxyl groups is 2. The number of aliphatic hydroxyl groups excluding tert-OH is 2. The SMILES string of the molecule is CCC1=C(CO)C=CC(C(=O)c2ccccc2)C1O. The van der Waals surface area contributed by atoms with Crippen LogP contribution < -0.4 is 0 Å². The molecule has 0 saturated heterocycles. The third-order valence-electron chi connectivity index (χ3n) is 3.53. The average Bonchev–Trinajstić information content (AvgIpc) is 2.47. The predicted octanol–water partition coefficient (Wildman–Crippen LogP) is 2.12. The summed E-state index contributed by atoms with van der Waals surface area (Å²) in [5, 5.41) is 19.6. The van der Waals surface area contributed by atoms with E-state index in [1.807, 2.05) is 25.1 Å². The monoisotopic (exact) mass is 258 g/mol. The maximum atomic E-state index is 12.4. The Hall–Kier alpha value is -1.71. The molecule has 2 atom stereocenters. The maximum absolute atomic E-state index is 12.4. The lowest BCUT2D eigenvalue weighted by Gasteiger charge is -2.26. The van der Waals surface area contributed by atoms with Crippen LogP contribution in [0.1, 0.15) is 23.7 Å². The van der Waals surface area contributed by atoms with Crippen LogP contribution in [0.2, 0.25) is 0 Å². The van der Waals surface area contributed by atoms with Gasteiger partial charge in [-0.05, 0) is 17.6 Å². The molecule has 0 aliphatic heterocycles. The van der Waals surface area contributed by atoms with Gasteiger partial charge in [0.2, 0.25) is 0 Å². The van der Waals surface area contributed by atoms with Crippen molar-refractivity contribution in [2.75, 3.05) is 6.61 Å². The summed E-state index contributed by atoms with van der Waals surface area (Å²) in [6.07, 6.45) is 3.21. The summed E-state index contributed by atoms with van der Waals surface area (Å²) in [7, 11) is 0. The highest BCUT2D eigenvalue weighted by molar-refractivity contribution is 5.99. The minimum Gasteiger partial charge on any atom is -0.392 e. The van der Waals surface area contributed by atoms with E-state index in [0.717, 1.165) is 5.57 Å². The fourth-order valence-corrected chi connectivity index (χ4v) is 2.45. The number of benzene rings is 1. The van der Waals surface area contributed by atoms with Gasteiger partial charge in [0.1, 0.15) is 0 Å². The van der Waals surface area contributed by atoms with Gasteiger partial charge in [-0.2, -0.15) is 0 Å². The molecule has 0 fully saturated rings. The quantitative estimate of drug-likeness (QED) is 0.813. The third kappa shape index (κ3) is 2.67. The Morgan fingerprint density at radius 1 is 1.26 bits per heavy atom. The first-order valence-corrected chi connectivity index (χ1v) is 6.47. The molecule has 3 nitrogen and oxygen atoms in total. The zero-order chi connectivity index (χ0) is 13.8. The van der Waals surface area contributed by atoms with Crippen molar-refractivity contribution in [1.82, 2.24) is 0 Å². The molecule has 0 aromatic heterocycles. The van der Waals surface area contributed by atoms with Gasteiger partial charge in [0.15, 0.2) is 5.78 Å². The summed E-state index contributed by atoms with van der Waals surface area (Å²) in [6.45, 7) is 1.81. The lowest BCUT2D eigenvalue weighted by Crippen LogP contribution is -2.31. The molecule has 2 N–H and O–H groups in total. The van der Waals surface area contributed by atoms with Gasteiger partial charge in [0, 0.05) is 5.56 Å². The number of rotatable bonds is 4. The van der Waals surface area contributed by atoms with E-state index in [2.05, 4.69) is 0 Å². The van der Waals surface area contributed by atoms with Gasteiger partial charge in [0.05, 0.1) is 18.6 Å². The summed E-state index contributed by atoms with van der Waals surface area (Å²) in [6, 6.07) is 8.97. The molecular weight excluding hydrogens is 240 g/mol. The van der Waals surface area contributed by atoms with Gasteiger partial charge >= 0.3 is 0 Å². The van der Waals surface area contributed by atoms with Crippen molar-refractivity contribution in [2.24, 2.45) is 5.92 Å². The lowest BCUT2D eigenvalue weighted by molar-refractivity contribution is 0.0815. The van der Waals surface area contributed by atoms with E-state index in [1.54, 1.807) is 24.3 Å². The molecule has 1 aliphatic carbocycles. The van der Waals surface area contributed by atoms with E-state index in [0.29, 0.717) is 17.6 Å². The number of ketones is 1. The van der Waals surface area contributed by atoms with E-state index in [4.69, 9.17) is 0 Å². The number of Topliss-reactive ketones (excluding diaryl/α,β-unsaturated/α-hetero) is 1. The summed E-state index contributed by atoms with van der Waals surface area (Å²) < 4.78 is 0. The van der Waals surface area contributed by atoms with Gasteiger partial charge in [-0.15, -0.1) is 0 Å². The second-order valence-corrected chi connectivity index (χ2v) is 4.62. The minimum absolute atomic E-state index is 0.0905. The molecule has 19 heavy (non-hydrogen) atoms. The van der Waals surface area contributed by atoms with Gasteiger partial charge in [-0.25, -0.2) is 0 Å². The summed E-state index contributed by atoms with van der Waals surface area (Å²) in [4.78, 5) is 12.4. The maximum Gasteiger partial charge on any atom is 0.172 e. The fraction of sp³-hybridized carbons (Fsp3) is 0.312. The first kappa shape index (κ1) is 13.7. The van der Waals surface area contributed by atoms with E-state index in [-0.39, 0.29) is 12.4 Å². The molecule has 3 heteroatoms. The summed E-state index contributed by atoms with van der Waals surface area (Å²) >= 11 is 0. The molecule has 0 heterocycles. The van der Waals surface area contributed by atoms with Crippen LogP contribution in [-0.2, 0) is 0 Å². The van der Waals surface area contributed by atoms with Gasteiger partial charge < -0.3 is 10.2 Å². The standard InChI is InChI=1S/C16H18O3/c1-2-13-12(10-17)8-9-14(16(13)19)15(18)11-6-4-3-5-7-11/h3-9,14,16-17,19H,2,10H2,1H3. The minimum atomic E-state index is -0.843. The van der Waals surface area contributed by atoms with E-state index >= 15 is 0 Å². The Bertz CT molecular complexity index is 514. The number of carbonyl (C=O) groups is 1. The molecule has 100 valence electrons. The van der Waals surface area contributed by atoms with Crippen molar-refractivity contribution in [3.63, 3.8) is 0 Å². The van der Waals surface area contributed by atoms with Crippen LogP contribution in [0.15, 0.2) is 53.6 Å². The van der Waals surface area contributed by atoms with Gasteiger partial charge in [0.25, 0.3) is 0 Å². The molecule has 1 aromatic carbocycles. The number of hydrogen-bond acceptors (Lipinski definition) is 3. The molecule has 0 amide bonds. The first-order chi connectivity index (χ1) is 9.19. The van der Waals surface area contributed by atoms with Gasteiger partial charge in [-0.1, -0.05) is 49.4 Å². The van der Waals surface area contributed by atoms with Crippen LogP contribution in [0, 0.1) is 5.92 Å². The first-order valence-electron chi connectivity index (χ1n) is 6.47.